The Morgan fingerprint density at radius 3 is 2.41 bits per heavy atom. The molecule has 0 aliphatic rings. The lowest BCUT2D eigenvalue weighted by molar-refractivity contribution is -0.138. The highest BCUT2D eigenvalue weighted by molar-refractivity contribution is 6.32. The second-order valence-electron chi connectivity index (χ2n) is 5.22. The zero-order chi connectivity index (χ0) is 20.4. The maximum Gasteiger partial charge on any atom is 0.420 e. The monoisotopic (exact) mass is 405 g/mol. The Hall–Kier alpha value is -2.81. The second kappa shape index (κ2) is 7.83. The highest BCUT2D eigenvalue weighted by Crippen LogP contribution is 2.41. The van der Waals surface area contributed by atoms with Gasteiger partial charge in [0.1, 0.15) is 11.6 Å². The van der Waals surface area contributed by atoms with Gasteiger partial charge in [-0.2, -0.15) is 13.2 Å². The van der Waals surface area contributed by atoms with Crippen molar-refractivity contribution in [1.29, 1.82) is 0 Å². The van der Waals surface area contributed by atoms with E-state index in [9.17, 15) is 27.2 Å². The molecule has 0 unspecified atom stereocenters. The Balaban J connectivity index is 2.38. The average molecular weight is 406 g/mol. The van der Waals surface area contributed by atoms with Gasteiger partial charge in [-0.3, -0.25) is 4.79 Å². The summed E-state index contributed by atoms with van der Waals surface area (Å²) < 4.78 is 58.2. The molecule has 0 heterocycles. The number of rotatable bonds is 5. The third-order valence-corrected chi connectivity index (χ3v) is 3.64. The van der Waals surface area contributed by atoms with Crippen molar-refractivity contribution in [3.05, 3.63) is 57.9 Å². The summed E-state index contributed by atoms with van der Waals surface area (Å²) in [6, 6.07) is 4.31. The highest BCUT2D eigenvalue weighted by atomic mass is 35.5. The number of carboxylic acids is 1. The summed E-state index contributed by atoms with van der Waals surface area (Å²) >= 11 is 5.82. The number of alkyl halides is 3. The van der Waals surface area contributed by atoms with E-state index in [-0.39, 0.29) is 12.3 Å². The molecule has 1 amide bonds. The topological polar surface area (TPSA) is 75.6 Å². The first-order valence-electron chi connectivity index (χ1n) is 7.42. The molecule has 0 atom stereocenters. The third kappa shape index (κ3) is 4.68. The van der Waals surface area contributed by atoms with E-state index in [1.165, 1.54) is 6.92 Å². The molecule has 0 aliphatic carbocycles. The number of benzene rings is 2. The molecule has 0 radical (unpaired) electrons. The van der Waals surface area contributed by atoms with Gasteiger partial charge in [0.15, 0.2) is 0 Å². The van der Waals surface area contributed by atoms with Crippen LogP contribution >= 0.6 is 11.6 Å². The van der Waals surface area contributed by atoms with Crippen LogP contribution in [0.25, 0.3) is 0 Å². The number of aromatic carboxylic acids is 1. The Labute approximate surface area is 155 Å². The van der Waals surface area contributed by atoms with Gasteiger partial charge in [0, 0.05) is 11.3 Å². The van der Waals surface area contributed by atoms with Gasteiger partial charge in [-0.05, 0) is 37.3 Å². The average Bonchev–Trinajstić information content (AvgIpc) is 2.55. The van der Waals surface area contributed by atoms with Gasteiger partial charge in [-0.25, -0.2) is 9.18 Å². The van der Waals surface area contributed by atoms with Crippen LogP contribution in [0.3, 0.4) is 0 Å². The van der Waals surface area contributed by atoms with E-state index in [0.717, 1.165) is 24.3 Å². The van der Waals surface area contributed by atoms with Gasteiger partial charge in [-0.1, -0.05) is 11.6 Å². The first-order valence-corrected chi connectivity index (χ1v) is 7.80. The summed E-state index contributed by atoms with van der Waals surface area (Å²) in [5.74, 6) is -4.20. The van der Waals surface area contributed by atoms with Crippen LogP contribution < -0.4 is 10.1 Å². The minimum absolute atomic E-state index is 0.0659. The van der Waals surface area contributed by atoms with Crippen molar-refractivity contribution in [2.75, 3.05) is 11.9 Å². The minimum atomic E-state index is -4.82. The number of carbonyl (C=O) groups is 2. The number of carboxylic acid groups (broad SMARTS) is 1. The van der Waals surface area contributed by atoms with E-state index in [0.29, 0.717) is 6.07 Å². The van der Waals surface area contributed by atoms with E-state index in [1.807, 2.05) is 0 Å². The van der Waals surface area contributed by atoms with Crippen molar-refractivity contribution in [3.8, 4) is 5.75 Å². The molecule has 27 heavy (non-hydrogen) atoms. The van der Waals surface area contributed by atoms with E-state index in [4.69, 9.17) is 21.4 Å². The Morgan fingerprint density at radius 1 is 1.22 bits per heavy atom. The fourth-order valence-electron chi connectivity index (χ4n) is 2.20. The van der Waals surface area contributed by atoms with Crippen LogP contribution in [0.15, 0.2) is 30.3 Å². The molecule has 0 aliphatic heterocycles. The molecule has 0 aromatic heterocycles. The normalized spacial score (nSPS) is 11.2. The number of anilines is 1. The van der Waals surface area contributed by atoms with Crippen molar-refractivity contribution in [1.82, 2.24) is 0 Å². The fraction of sp³-hybridized carbons (Fsp3) is 0.176. The molecule has 2 rings (SSSR count). The molecule has 0 bridgehead atoms. The predicted molar refractivity (Wildman–Crippen MR) is 88.9 cm³/mol. The number of nitrogens with one attached hydrogen (secondary N) is 1. The summed E-state index contributed by atoms with van der Waals surface area (Å²) in [5, 5.41) is 10.5. The molecule has 0 fully saturated rings. The molecule has 2 N–H and O–H groups in total. The van der Waals surface area contributed by atoms with Crippen LogP contribution in [0.2, 0.25) is 5.02 Å². The largest absolute Gasteiger partial charge is 0.492 e. The number of hydrogen-bond acceptors (Lipinski definition) is 3. The van der Waals surface area contributed by atoms with Crippen LogP contribution in [0.5, 0.6) is 5.75 Å². The Bertz CT molecular complexity index is 899. The van der Waals surface area contributed by atoms with Crippen molar-refractivity contribution in [2.24, 2.45) is 0 Å². The molecular weight excluding hydrogens is 394 g/mol. The summed E-state index contributed by atoms with van der Waals surface area (Å²) in [5.41, 5.74) is -2.41. The Kier molecular flexibility index (Phi) is 5.94. The van der Waals surface area contributed by atoms with Gasteiger partial charge >= 0.3 is 12.1 Å². The lowest BCUT2D eigenvalue weighted by Crippen LogP contribution is -2.16. The molecule has 144 valence electrons. The van der Waals surface area contributed by atoms with Crippen LogP contribution in [0.4, 0.5) is 23.2 Å². The van der Waals surface area contributed by atoms with Crippen LogP contribution in [-0.4, -0.2) is 23.6 Å². The summed E-state index contributed by atoms with van der Waals surface area (Å²) in [7, 11) is 0. The maximum absolute atomic E-state index is 13.7. The zero-order valence-corrected chi connectivity index (χ0v) is 14.4. The fourth-order valence-corrected chi connectivity index (χ4v) is 2.47. The van der Waals surface area contributed by atoms with Crippen LogP contribution in [0.1, 0.15) is 33.2 Å². The Morgan fingerprint density at radius 2 is 1.89 bits per heavy atom. The SMILES string of the molecule is CCOc1c(Cl)cc(C(=O)Nc2ccc(C(=O)O)c(F)c2)cc1C(F)(F)F. The smallest absolute Gasteiger partial charge is 0.420 e. The molecule has 0 spiro atoms. The summed E-state index contributed by atoms with van der Waals surface area (Å²) in [6.07, 6.45) is -4.82. The molecule has 10 heteroatoms. The molecule has 2 aromatic carbocycles. The van der Waals surface area contributed by atoms with Gasteiger partial charge in [0.2, 0.25) is 0 Å². The highest BCUT2D eigenvalue weighted by Gasteiger charge is 2.36. The maximum atomic E-state index is 13.7. The first-order chi connectivity index (χ1) is 12.5. The number of ether oxygens (including phenoxy) is 1. The zero-order valence-electron chi connectivity index (χ0n) is 13.7. The van der Waals surface area contributed by atoms with Crippen molar-refractivity contribution in [3.63, 3.8) is 0 Å². The number of hydrogen-bond donors (Lipinski definition) is 2. The van der Waals surface area contributed by atoms with E-state index in [2.05, 4.69) is 5.32 Å². The van der Waals surface area contributed by atoms with E-state index < -0.39 is 51.3 Å². The number of amides is 1. The molecule has 5 nitrogen and oxygen atoms in total. The number of carbonyl (C=O) groups excluding carboxylic acids is 1. The van der Waals surface area contributed by atoms with Crippen molar-refractivity contribution >= 4 is 29.2 Å². The molecular formula is C17H12ClF4NO4. The summed E-state index contributed by atoms with van der Waals surface area (Å²) in [4.78, 5) is 23.0. The van der Waals surface area contributed by atoms with Crippen molar-refractivity contribution < 1.29 is 37.0 Å². The lowest BCUT2D eigenvalue weighted by Gasteiger charge is -2.16. The van der Waals surface area contributed by atoms with Gasteiger partial charge in [-0.15, -0.1) is 0 Å². The third-order valence-electron chi connectivity index (χ3n) is 3.36. The molecule has 2 aromatic rings. The first kappa shape index (κ1) is 20.5. The van der Waals surface area contributed by atoms with Crippen LogP contribution in [-0.2, 0) is 6.18 Å². The van der Waals surface area contributed by atoms with Gasteiger partial charge < -0.3 is 15.2 Å². The van der Waals surface area contributed by atoms with Gasteiger partial charge in [0.25, 0.3) is 5.91 Å². The van der Waals surface area contributed by atoms with Crippen LogP contribution in [0, 0.1) is 5.82 Å². The quantitative estimate of drug-likeness (QED) is 0.697. The van der Waals surface area contributed by atoms with Gasteiger partial charge in [0.05, 0.1) is 22.8 Å². The second-order valence-corrected chi connectivity index (χ2v) is 5.63. The van der Waals surface area contributed by atoms with E-state index >= 15 is 0 Å². The minimum Gasteiger partial charge on any atom is -0.492 e. The number of halogens is 5. The summed E-state index contributed by atoms with van der Waals surface area (Å²) in [6.45, 7) is 1.41. The molecule has 0 saturated heterocycles. The molecule has 0 saturated carbocycles. The lowest BCUT2D eigenvalue weighted by atomic mass is 10.1. The predicted octanol–water partition coefficient (Wildman–Crippen LogP) is 4.85. The van der Waals surface area contributed by atoms with Crippen molar-refractivity contribution in [2.45, 2.75) is 13.1 Å². The standard InChI is InChI=1S/C17H12ClF4NO4/c1-2-27-14-11(17(20,21)22)5-8(6-12(14)18)15(24)23-9-3-4-10(16(25)26)13(19)7-9/h3-7H,2H2,1H3,(H,23,24)(H,25,26). The van der Waals surface area contributed by atoms with E-state index in [1.54, 1.807) is 0 Å².